The van der Waals surface area contributed by atoms with Crippen LogP contribution >= 0.6 is 34.8 Å². The van der Waals surface area contributed by atoms with Gasteiger partial charge in [0.25, 0.3) is 0 Å². The van der Waals surface area contributed by atoms with Crippen LogP contribution in [0.15, 0.2) is 66.7 Å². The number of hydrogen-bond acceptors (Lipinski definition) is 3. The number of halogens is 3. The number of aromatic nitrogens is 2. The van der Waals surface area contributed by atoms with Gasteiger partial charge in [0.15, 0.2) is 5.82 Å². The summed E-state index contributed by atoms with van der Waals surface area (Å²) in [4.78, 5) is 9.34. The van der Waals surface area contributed by atoms with E-state index in [1.165, 1.54) is 0 Å². The van der Waals surface area contributed by atoms with Gasteiger partial charge in [0, 0.05) is 10.9 Å². The van der Waals surface area contributed by atoms with Gasteiger partial charge in [-0.15, -0.1) is 0 Å². The van der Waals surface area contributed by atoms with Crippen LogP contribution in [0.1, 0.15) is 0 Å². The maximum absolute atomic E-state index is 6.33. The first-order chi connectivity index (χ1) is 12.6. The number of fused-ring (bicyclic) bond motifs is 1. The van der Waals surface area contributed by atoms with Crippen LogP contribution in [0, 0.1) is 0 Å². The summed E-state index contributed by atoms with van der Waals surface area (Å²) in [6.07, 6.45) is 0. The molecular formula is C20H12Cl3N3. The molecule has 1 aromatic heterocycles. The predicted octanol–water partition coefficient (Wildman–Crippen LogP) is 7.00. The molecule has 0 aliphatic heterocycles. The summed E-state index contributed by atoms with van der Waals surface area (Å²) in [6, 6.07) is 20.6. The molecule has 1 N–H and O–H groups in total. The zero-order valence-corrected chi connectivity index (χ0v) is 15.6. The Hall–Kier alpha value is -2.33. The monoisotopic (exact) mass is 399 g/mol. The molecule has 128 valence electrons. The van der Waals surface area contributed by atoms with Crippen LogP contribution in [-0.2, 0) is 0 Å². The van der Waals surface area contributed by atoms with Crippen molar-refractivity contribution in [2.24, 2.45) is 0 Å². The van der Waals surface area contributed by atoms with Crippen molar-refractivity contribution in [1.82, 2.24) is 9.97 Å². The highest BCUT2D eigenvalue weighted by molar-refractivity contribution is 6.43. The fourth-order valence-electron chi connectivity index (χ4n) is 2.66. The van der Waals surface area contributed by atoms with Crippen LogP contribution in [-0.4, -0.2) is 9.97 Å². The number of para-hydroxylation sites is 1. The number of nitrogens with one attached hydrogen (secondary N) is 1. The van der Waals surface area contributed by atoms with Gasteiger partial charge >= 0.3 is 0 Å². The molecule has 3 aromatic carbocycles. The number of benzene rings is 3. The average Bonchev–Trinajstić information content (AvgIpc) is 2.66. The van der Waals surface area contributed by atoms with Gasteiger partial charge in [-0.3, -0.25) is 0 Å². The van der Waals surface area contributed by atoms with Crippen LogP contribution in [0.2, 0.25) is 15.1 Å². The summed E-state index contributed by atoms with van der Waals surface area (Å²) in [5, 5.41) is 5.66. The molecule has 0 atom stereocenters. The van der Waals surface area contributed by atoms with E-state index in [0.29, 0.717) is 32.4 Å². The zero-order valence-electron chi connectivity index (χ0n) is 13.4. The molecule has 3 nitrogen and oxygen atoms in total. The minimum absolute atomic E-state index is 0.441. The van der Waals surface area contributed by atoms with E-state index in [0.717, 1.165) is 16.5 Å². The zero-order chi connectivity index (χ0) is 18.1. The van der Waals surface area contributed by atoms with Crippen molar-refractivity contribution in [3.8, 4) is 11.4 Å². The lowest BCUT2D eigenvalue weighted by atomic mass is 10.1. The van der Waals surface area contributed by atoms with Crippen molar-refractivity contribution in [1.29, 1.82) is 0 Å². The van der Waals surface area contributed by atoms with E-state index in [1.807, 2.05) is 60.7 Å². The molecule has 0 unspecified atom stereocenters. The summed E-state index contributed by atoms with van der Waals surface area (Å²) in [6.45, 7) is 0. The van der Waals surface area contributed by atoms with E-state index >= 15 is 0 Å². The lowest BCUT2D eigenvalue weighted by molar-refractivity contribution is 1.22. The first-order valence-electron chi connectivity index (χ1n) is 7.86. The van der Waals surface area contributed by atoms with Crippen LogP contribution < -0.4 is 5.32 Å². The largest absolute Gasteiger partial charge is 0.338 e. The summed E-state index contributed by atoms with van der Waals surface area (Å²) < 4.78 is 0. The van der Waals surface area contributed by atoms with Crippen molar-refractivity contribution in [3.63, 3.8) is 0 Å². The molecule has 26 heavy (non-hydrogen) atoms. The third-order valence-electron chi connectivity index (χ3n) is 3.92. The lowest BCUT2D eigenvalue weighted by Crippen LogP contribution is -2.00. The second-order valence-electron chi connectivity index (χ2n) is 5.62. The minimum Gasteiger partial charge on any atom is -0.338 e. The quantitative estimate of drug-likeness (QED) is 0.402. The van der Waals surface area contributed by atoms with Crippen LogP contribution in [0.3, 0.4) is 0 Å². The van der Waals surface area contributed by atoms with Gasteiger partial charge in [0.05, 0.1) is 26.3 Å². The molecule has 0 saturated heterocycles. The summed E-state index contributed by atoms with van der Waals surface area (Å²) >= 11 is 18.8. The summed E-state index contributed by atoms with van der Waals surface area (Å²) in [5.41, 5.74) is 2.24. The Morgan fingerprint density at radius 2 is 1.42 bits per heavy atom. The number of rotatable bonds is 3. The molecule has 0 fully saturated rings. The number of anilines is 2. The topological polar surface area (TPSA) is 37.8 Å². The van der Waals surface area contributed by atoms with Crippen molar-refractivity contribution in [3.05, 3.63) is 81.8 Å². The summed E-state index contributed by atoms with van der Waals surface area (Å²) in [7, 11) is 0. The van der Waals surface area contributed by atoms with Gasteiger partial charge in [-0.05, 0) is 36.4 Å². The Morgan fingerprint density at radius 3 is 2.27 bits per heavy atom. The maximum Gasteiger partial charge on any atom is 0.163 e. The van der Waals surface area contributed by atoms with E-state index in [1.54, 1.807) is 6.07 Å². The molecule has 1 heterocycles. The fraction of sp³-hybridized carbons (Fsp3) is 0. The average molecular weight is 401 g/mol. The molecule has 6 heteroatoms. The Bertz CT molecular complexity index is 1110. The molecule has 0 spiro atoms. The second-order valence-corrected chi connectivity index (χ2v) is 6.81. The van der Waals surface area contributed by atoms with Crippen LogP contribution in [0.4, 0.5) is 11.5 Å². The van der Waals surface area contributed by atoms with Gasteiger partial charge in [-0.25, -0.2) is 9.97 Å². The van der Waals surface area contributed by atoms with Gasteiger partial charge in [0.2, 0.25) is 0 Å². The molecule has 0 saturated carbocycles. The SMILES string of the molecule is Clc1ccccc1-c1nc(Nc2cccc(Cl)c2Cl)c2ccccc2n1. The van der Waals surface area contributed by atoms with E-state index in [4.69, 9.17) is 34.8 Å². The smallest absolute Gasteiger partial charge is 0.163 e. The molecule has 0 bridgehead atoms. The fourth-order valence-corrected chi connectivity index (χ4v) is 3.23. The third-order valence-corrected chi connectivity index (χ3v) is 5.07. The van der Waals surface area contributed by atoms with E-state index in [2.05, 4.69) is 15.3 Å². The molecule has 0 aliphatic carbocycles. The Labute approximate surface area is 165 Å². The molecule has 4 rings (SSSR count). The Balaban J connectivity index is 1.90. The highest BCUT2D eigenvalue weighted by Gasteiger charge is 2.13. The molecule has 0 radical (unpaired) electrons. The van der Waals surface area contributed by atoms with Crippen molar-refractivity contribution in [2.45, 2.75) is 0 Å². The van der Waals surface area contributed by atoms with Crippen LogP contribution in [0.5, 0.6) is 0 Å². The van der Waals surface area contributed by atoms with Crippen LogP contribution in [0.25, 0.3) is 22.3 Å². The van der Waals surface area contributed by atoms with E-state index in [9.17, 15) is 0 Å². The third kappa shape index (κ3) is 3.21. The number of hydrogen-bond donors (Lipinski definition) is 1. The first-order valence-corrected chi connectivity index (χ1v) is 8.99. The minimum atomic E-state index is 0.441. The van der Waals surface area contributed by atoms with Gasteiger partial charge in [-0.2, -0.15) is 0 Å². The standard InChI is InChI=1S/C20H12Cl3N3/c21-14-8-3-1-6-12(14)19-24-16-10-4-2-7-13(16)20(26-19)25-17-11-5-9-15(22)18(17)23/h1-11H,(H,24,25,26). The van der Waals surface area contributed by atoms with Gasteiger partial charge in [-0.1, -0.05) is 65.1 Å². The Morgan fingerprint density at radius 1 is 0.692 bits per heavy atom. The second kappa shape index (κ2) is 7.12. The van der Waals surface area contributed by atoms with E-state index < -0.39 is 0 Å². The first kappa shape index (κ1) is 17.1. The summed E-state index contributed by atoms with van der Waals surface area (Å²) in [5.74, 6) is 1.17. The van der Waals surface area contributed by atoms with E-state index in [-0.39, 0.29) is 0 Å². The van der Waals surface area contributed by atoms with Gasteiger partial charge < -0.3 is 5.32 Å². The Kier molecular flexibility index (Phi) is 4.68. The van der Waals surface area contributed by atoms with Crippen molar-refractivity contribution < 1.29 is 0 Å². The van der Waals surface area contributed by atoms with Crippen molar-refractivity contribution in [2.75, 3.05) is 5.32 Å². The predicted molar refractivity (Wildman–Crippen MR) is 110 cm³/mol. The normalized spacial score (nSPS) is 10.9. The van der Waals surface area contributed by atoms with Crippen molar-refractivity contribution >= 4 is 57.2 Å². The number of nitrogens with zero attached hydrogens (tertiary/aromatic N) is 2. The highest BCUT2D eigenvalue weighted by atomic mass is 35.5. The molecular weight excluding hydrogens is 389 g/mol. The van der Waals surface area contributed by atoms with Gasteiger partial charge in [0.1, 0.15) is 5.82 Å². The highest BCUT2D eigenvalue weighted by Crippen LogP contribution is 2.34. The molecule has 0 amide bonds. The molecule has 0 aliphatic rings. The lowest BCUT2D eigenvalue weighted by Gasteiger charge is -2.13. The molecule has 4 aromatic rings. The maximum atomic E-state index is 6.33.